The Hall–Kier alpha value is -4.12. The number of nitrogens with zero attached hydrogens (tertiary/aromatic N) is 6. The molecule has 0 bridgehead atoms. The molecule has 0 atom stereocenters. The third kappa shape index (κ3) is 6.93. The minimum atomic E-state index is -0.802. The molecule has 2 aromatic rings. The summed E-state index contributed by atoms with van der Waals surface area (Å²) >= 11 is 3.08. The summed E-state index contributed by atoms with van der Waals surface area (Å²) in [6.07, 6.45) is 0.272. The van der Waals surface area contributed by atoms with Crippen LogP contribution >= 0.6 is 15.9 Å². The van der Waals surface area contributed by atoms with E-state index < -0.39 is 21.2 Å². The fraction of sp³-hybridized carbons (Fsp3) is 0.333. The first-order chi connectivity index (χ1) is 16.6. The van der Waals surface area contributed by atoms with E-state index in [4.69, 9.17) is 10.00 Å². The first-order valence-corrected chi connectivity index (χ1v) is 11.2. The number of anilines is 2. The fourth-order valence-corrected chi connectivity index (χ4v) is 3.62. The lowest BCUT2D eigenvalue weighted by atomic mass is 10.2. The number of amides is 1. The molecule has 0 radical (unpaired) electrons. The number of non-ortho nitro benzene ring substituents is 1. The summed E-state index contributed by atoms with van der Waals surface area (Å²) in [6.45, 7) is 6.30. The number of nitrogens with one attached hydrogen (secondary N) is 1. The SMILES string of the molecule is CCOc1cc(N=Nc2c(Br)cc([N+](=O)[O-])cc2[N+](=O)[O-])c(NC(C)=O)cc1N(CC)CCC#N. The summed E-state index contributed by atoms with van der Waals surface area (Å²) in [6, 6.07) is 7.11. The molecule has 2 aromatic carbocycles. The normalized spacial score (nSPS) is 10.6. The first-order valence-electron chi connectivity index (χ1n) is 10.4. The molecule has 1 N–H and O–H groups in total. The molecule has 0 fully saturated rings. The third-order valence-corrected chi connectivity index (χ3v) is 5.20. The number of nitriles is 1. The predicted octanol–water partition coefficient (Wildman–Crippen LogP) is 5.78. The Morgan fingerprint density at radius 3 is 2.46 bits per heavy atom. The number of carbonyl (C=O) groups excluding carboxylic acids is 1. The Bertz CT molecular complexity index is 1210. The lowest BCUT2D eigenvalue weighted by molar-refractivity contribution is -0.393. The topological polar surface area (TPSA) is 176 Å². The highest BCUT2D eigenvalue weighted by Crippen LogP contribution is 2.43. The second-order valence-electron chi connectivity index (χ2n) is 6.95. The van der Waals surface area contributed by atoms with Crippen LogP contribution in [0.15, 0.2) is 39.0 Å². The number of halogens is 1. The maximum atomic E-state index is 11.8. The zero-order chi connectivity index (χ0) is 26.1. The van der Waals surface area contributed by atoms with E-state index in [9.17, 15) is 25.0 Å². The Morgan fingerprint density at radius 1 is 1.20 bits per heavy atom. The highest BCUT2D eigenvalue weighted by molar-refractivity contribution is 9.10. The summed E-state index contributed by atoms with van der Waals surface area (Å²) in [4.78, 5) is 34.8. The van der Waals surface area contributed by atoms with E-state index in [1.165, 1.54) is 13.0 Å². The van der Waals surface area contributed by atoms with Crippen molar-refractivity contribution >= 4 is 56.0 Å². The van der Waals surface area contributed by atoms with Gasteiger partial charge in [-0.15, -0.1) is 10.2 Å². The number of carbonyl (C=O) groups is 1. The van der Waals surface area contributed by atoms with Crippen LogP contribution in [-0.4, -0.2) is 35.5 Å². The predicted molar refractivity (Wildman–Crippen MR) is 132 cm³/mol. The molecule has 0 aliphatic heterocycles. The number of benzene rings is 2. The van der Waals surface area contributed by atoms with Crippen molar-refractivity contribution in [2.75, 3.05) is 29.9 Å². The number of azo groups is 1. The first kappa shape index (κ1) is 27.1. The van der Waals surface area contributed by atoms with Crippen molar-refractivity contribution in [2.45, 2.75) is 27.2 Å². The Kier molecular flexibility index (Phi) is 9.59. The quantitative estimate of drug-likeness (QED) is 0.209. The molecule has 13 nitrogen and oxygen atoms in total. The lowest BCUT2D eigenvalue weighted by Crippen LogP contribution is -2.24. The monoisotopic (exact) mass is 547 g/mol. The van der Waals surface area contributed by atoms with E-state index in [2.05, 4.69) is 37.5 Å². The van der Waals surface area contributed by atoms with Gasteiger partial charge in [0.1, 0.15) is 11.4 Å². The summed E-state index contributed by atoms with van der Waals surface area (Å²) in [5.74, 6) is 0.0201. The largest absolute Gasteiger partial charge is 0.492 e. The van der Waals surface area contributed by atoms with Crippen LogP contribution in [0, 0.1) is 31.6 Å². The zero-order valence-corrected chi connectivity index (χ0v) is 20.7. The van der Waals surface area contributed by atoms with Crippen LogP contribution in [0.1, 0.15) is 27.2 Å². The van der Waals surface area contributed by atoms with Gasteiger partial charge in [0.15, 0.2) is 5.69 Å². The molecular weight excluding hydrogens is 526 g/mol. The Labute approximate surface area is 208 Å². The van der Waals surface area contributed by atoms with Crippen molar-refractivity contribution in [3.8, 4) is 11.8 Å². The Morgan fingerprint density at radius 2 is 1.91 bits per heavy atom. The van der Waals surface area contributed by atoms with Crippen molar-refractivity contribution in [3.05, 3.63) is 49.0 Å². The van der Waals surface area contributed by atoms with Crippen molar-refractivity contribution < 1.29 is 19.4 Å². The molecule has 0 aliphatic rings. The van der Waals surface area contributed by atoms with Gasteiger partial charge in [-0.2, -0.15) is 5.26 Å². The Balaban J connectivity index is 2.68. The molecule has 0 aliphatic carbocycles. The molecule has 2 rings (SSSR count). The molecule has 184 valence electrons. The van der Waals surface area contributed by atoms with Gasteiger partial charge in [0.2, 0.25) is 5.91 Å². The van der Waals surface area contributed by atoms with Crippen molar-refractivity contribution in [1.82, 2.24) is 0 Å². The number of ether oxygens (including phenoxy) is 1. The van der Waals surface area contributed by atoms with Gasteiger partial charge in [-0.1, -0.05) is 0 Å². The molecule has 0 spiro atoms. The summed E-state index contributed by atoms with van der Waals surface area (Å²) in [5.41, 5.74) is -0.317. The van der Waals surface area contributed by atoms with Gasteiger partial charge in [-0.05, 0) is 35.8 Å². The molecule has 0 saturated carbocycles. The van der Waals surface area contributed by atoms with E-state index in [0.717, 1.165) is 12.1 Å². The maximum Gasteiger partial charge on any atom is 0.304 e. The minimum absolute atomic E-state index is 0.00135. The lowest BCUT2D eigenvalue weighted by Gasteiger charge is -2.25. The average Bonchev–Trinajstić information content (AvgIpc) is 2.79. The van der Waals surface area contributed by atoms with Gasteiger partial charge in [0, 0.05) is 32.1 Å². The number of rotatable bonds is 11. The van der Waals surface area contributed by atoms with E-state index >= 15 is 0 Å². The minimum Gasteiger partial charge on any atom is -0.492 e. The standard InChI is InChI=1S/C21H22BrN7O6/c1-4-27(8-6-7-23)18-11-16(24-13(3)30)17(12-20(18)35-5-2)25-26-21-15(22)9-14(28(31)32)10-19(21)29(33)34/h9-12H,4-6,8H2,1-3H3,(H,24,30). The average molecular weight is 548 g/mol. The van der Waals surface area contributed by atoms with Gasteiger partial charge in [0.25, 0.3) is 5.69 Å². The van der Waals surface area contributed by atoms with Crippen LogP contribution in [0.25, 0.3) is 0 Å². The number of nitro benzene ring substituents is 2. The third-order valence-electron chi connectivity index (χ3n) is 4.60. The van der Waals surface area contributed by atoms with Crippen LogP contribution in [0.5, 0.6) is 5.75 Å². The van der Waals surface area contributed by atoms with E-state index in [1.54, 1.807) is 13.0 Å². The van der Waals surface area contributed by atoms with Gasteiger partial charge in [-0.3, -0.25) is 25.0 Å². The maximum absolute atomic E-state index is 11.8. The molecular formula is C21H22BrN7O6. The molecule has 1 amide bonds. The van der Waals surface area contributed by atoms with E-state index in [-0.39, 0.29) is 33.9 Å². The van der Waals surface area contributed by atoms with E-state index in [1.807, 2.05) is 11.8 Å². The zero-order valence-electron chi connectivity index (χ0n) is 19.1. The van der Waals surface area contributed by atoms with Crippen LogP contribution in [0.3, 0.4) is 0 Å². The van der Waals surface area contributed by atoms with Gasteiger partial charge < -0.3 is 15.0 Å². The second-order valence-corrected chi connectivity index (χ2v) is 7.80. The van der Waals surface area contributed by atoms with Crippen LogP contribution in [-0.2, 0) is 4.79 Å². The highest BCUT2D eigenvalue weighted by atomic mass is 79.9. The van der Waals surface area contributed by atoms with Crippen molar-refractivity contribution in [1.29, 1.82) is 5.26 Å². The molecule has 35 heavy (non-hydrogen) atoms. The number of nitro groups is 2. The van der Waals surface area contributed by atoms with Crippen LogP contribution in [0.4, 0.5) is 34.1 Å². The number of hydrogen-bond donors (Lipinski definition) is 1. The van der Waals surface area contributed by atoms with Crippen LogP contribution < -0.4 is 15.0 Å². The van der Waals surface area contributed by atoms with Crippen LogP contribution in [0.2, 0.25) is 0 Å². The molecule has 0 heterocycles. The van der Waals surface area contributed by atoms with Gasteiger partial charge in [0.05, 0.1) is 50.9 Å². The summed E-state index contributed by atoms with van der Waals surface area (Å²) < 4.78 is 5.75. The van der Waals surface area contributed by atoms with Crippen molar-refractivity contribution in [3.63, 3.8) is 0 Å². The molecule has 0 unspecified atom stereocenters. The molecule has 0 aromatic heterocycles. The van der Waals surface area contributed by atoms with E-state index in [0.29, 0.717) is 31.1 Å². The molecule has 0 saturated heterocycles. The summed E-state index contributed by atoms with van der Waals surface area (Å²) in [7, 11) is 0. The second kappa shape index (κ2) is 12.4. The summed E-state index contributed by atoms with van der Waals surface area (Å²) in [5, 5.41) is 42.3. The number of hydrogen-bond acceptors (Lipinski definition) is 10. The van der Waals surface area contributed by atoms with Gasteiger partial charge >= 0.3 is 5.69 Å². The van der Waals surface area contributed by atoms with Crippen molar-refractivity contribution in [2.24, 2.45) is 10.2 Å². The molecule has 14 heteroatoms. The highest BCUT2D eigenvalue weighted by Gasteiger charge is 2.24. The smallest absolute Gasteiger partial charge is 0.304 e. The van der Waals surface area contributed by atoms with Gasteiger partial charge in [-0.25, -0.2) is 0 Å². The fourth-order valence-electron chi connectivity index (χ4n) is 3.10.